The molecule has 0 spiro atoms. The molecular weight excluding hydrogens is 172 g/mol. The SMILES string of the molecule is COc1c(C(=O)O)ccc(N)c1N. The lowest BCUT2D eigenvalue weighted by Crippen LogP contribution is -2.05. The lowest BCUT2D eigenvalue weighted by Gasteiger charge is -2.09. The summed E-state index contributed by atoms with van der Waals surface area (Å²) in [7, 11) is 1.34. The molecule has 0 bridgehead atoms. The third kappa shape index (κ3) is 1.48. The van der Waals surface area contributed by atoms with Crippen molar-refractivity contribution in [1.82, 2.24) is 0 Å². The standard InChI is InChI=1S/C8H10N2O3/c1-13-7-4(8(11)12)2-3-5(9)6(7)10/h2-3H,9-10H2,1H3,(H,11,12). The topological polar surface area (TPSA) is 98.6 Å². The maximum absolute atomic E-state index is 10.7. The van der Waals surface area contributed by atoms with Crippen LogP contribution in [0.3, 0.4) is 0 Å². The lowest BCUT2D eigenvalue weighted by molar-refractivity contribution is 0.0693. The fourth-order valence-corrected chi connectivity index (χ4v) is 1.00. The van der Waals surface area contributed by atoms with E-state index in [1.165, 1.54) is 19.2 Å². The number of benzene rings is 1. The molecule has 0 saturated heterocycles. The minimum Gasteiger partial charge on any atom is -0.494 e. The molecule has 0 aliphatic rings. The Morgan fingerprint density at radius 2 is 2.08 bits per heavy atom. The number of ether oxygens (including phenoxy) is 1. The number of nitrogens with two attached hydrogens (primary N) is 2. The van der Waals surface area contributed by atoms with Gasteiger partial charge in [-0.1, -0.05) is 0 Å². The first kappa shape index (κ1) is 9.18. The minimum absolute atomic E-state index is 0.00852. The van der Waals surface area contributed by atoms with E-state index in [2.05, 4.69) is 0 Å². The average molecular weight is 182 g/mol. The van der Waals surface area contributed by atoms with Crippen LogP contribution in [0.1, 0.15) is 10.4 Å². The first-order valence-electron chi connectivity index (χ1n) is 3.53. The molecule has 5 heteroatoms. The Morgan fingerprint density at radius 1 is 1.46 bits per heavy atom. The number of aromatic carboxylic acids is 1. The Kier molecular flexibility index (Phi) is 2.27. The van der Waals surface area contributed by atoms with E-state index in [0.717, 1.165) is 0 Å². The Morgan fingerprint density at radius 3 is 2.54 bits per heavy atom. The summed E-state index contributed by atoms with van der Waals surface area (Å²) in [6.07, 6.45) is 0. The van der Waals surface area contributed by atoms with Crippen molar-refractivity contribution in [2.75, 3.05) is 18.6 Å². The van der Waals surface area contributed by atoms with Crippen molar-refractivity contribution in [3.05, 3.63) is 17.7 Å². The van der Waals surface area contributed by atoms with Crippen LogP contribution in [0.15, 0.2) is 12.1 Å². The van der Waals surface area contributed by atoms with Crippen LogP contribution in [0.5, 0.6) is 5.75 Å². The number of anilines is 2. The molecule has 70 valence electrons. The van der Waals surface area contributed by atoms with Gasteiger partial charge < -0.3 is 21.3 Å². The fraction of sp³-hybridized carbons (Fsp3) is 0.125. The van der Waals surface area contributed by atoms with Gasteiger partial charge in [-0.05, 0) is 12.1 Å². The number of hydrogen-bond acceptors (Lipinski definition) is 4. The zero-order valence-electron chi connectivity index (χ0n) is 7.07. The molecule has 0 saturated carbocycles. The average Bonchev–Trinajstić information content (AvgIpc) is 2.09. The van der Waals surface area contributed by atoms with Gasteiger partial charge in [0.1, 0.15) is 5.56 Å². The van der Waals surface area contributed by atoms with Crippen LogP contribution < -0.4 is 16.2 Å². The van der Waals surface area contributed by atoms with Crippen LogP contribution in [-0.2, 0) is 0 Å². The van der Waals surface area contributed by atoms with Gasteiger partial charge in [0.05, 0.1) is 18.5 Å². The molecule has 0 heterocycles. The molecule has 5 N–H and O–H groups in total. The molecule has 0 aliphatic carbocycles. The molecule has 0 unspecified atom stereocenters. The van der Waals surface area contributed by atoms with Crippen LogP contribution in [0.4, 0.5) is 11.4 Å². The van der Waals surface area contributed by atoms with E-state index in [0.29, 0.717) is 5.69 Å². The summed E-state index contributed by atoms with van der Waals surface area (Å²) in [4.78, 5) is 10.7. The molecule has 1 aromatic carbocycles. The third-order valence-electron chi connectivity index (χ3n) is 1.66. The van der Waals surface area contributed by atoms with Crippen molar-refractivity contribution in [3.63, 3.8) is 0 Å². The fourth-order valence-electron chi connectivity index (χ4n) is 1.00. The summed E-state index contributed by atoms with van der Waals surface area (Å²) in [6.45, 7) is 0. The normalized spacial score (nSPS) is 9.62. The smallest absolute Gasteiger partial charge is 0.339 e. The highest BCUT2D eigenvalue weighted by Crippen LogP contribution is 2.31. The molecule has 0 radical (unpaired) electrons. The van der Waals surface area contributed by atoms with Crippen molar-refractivity contribution in [1.29, 1.82) is 0 Å². The Labute approximate surface area is 74.9 Å². The van der Waals surface area contributed by atoms with Gasteiger partial charge in [0.15, 0.2) is 5.75 Å². The van der Waals surface area contributed by atoms with Gasteiger partial charge >= 0.3 is 5.97 Å². The highest BCUT2D eigenvalue weighted by atomic mass is 16.5. The van der Waals surface area contributed by atoms with Crippen molar-refractivity contribution >= 4 is 17.3 Å². The quantitative estimate of drug-likeness (QED) is 0.580. The largest absolute Gasteiger partial charge is 0.494 e. The van der Waals surface area contributed by atoms with E-state index in [1.807, 2.05) is 0 Å². The molecule has 5 nitrogen and oxygen atoms in total. The van der Waals surface area contributed by atoms with Gasteiger partial charge in [-0.15, -0.1) is 0 Å². The highest BCUT2D eigenvalue weighted by Gasteiger charge is 2.14. The highest BCUT2D eigenvalue weighted by molar-refractivity contribution is 5.95. The Bertz CT molecular complexity index is 349. The summed E-state index contributed by atoms with van der Waals surface area (Å²) < 4.78 is 4.83. The van der Waals surface area contributed by atoms with Crippen molar-refractivity contribution in [2.45, 2.75) is 0 Å². The molecule has 0 amide bonds. The van der Waals surface area contributed by atoms with E-state index in [9.17, 15) is 4.79 Å². The maximum Gasteiger partial charge on any atom is 0.339 e. The molecule has 1 rings (SSSR count). The predicted octanol–water partition coefficient (Wildman–Crippen LogP) is 0.558. The Hall–Kier alpha value is -1.91. The monoisotopic (exact) mass is 182 g/mol. The molecular formula is C8H10N2O3. The molecule has 1 aromatic rings. The second kappa shape index (κ2) is 3.22. The zero-order valence-corrected chi connectivity index (χ0v) is 7.07. The third-order valence-corrected chi connectivity index (χ3v) is 1.66. The first-order chi connectivity index (χ1) is 6.07. The predicted molar refractivity (Wildman–Crippen MR) is 48.8 cm³/mol. The number of methoxy groups -OCH3 is 1. The number of hydrogen-bond donors (Lipinski definition) is 3. The molecule has 0 atom stereocenters. The molecule has 13 heavy (non-hydrogen) atoms. The minimum atomic E-state index is -1.09. The van der Waals surface area contributed by atoms with Gasteiger partial charge in [-0.2, -0.15) is 0 Å². The summed E-state index contributed by atoms with van der Waals surface area (Å²) in [5.74, 6) is -0.990. The van der Waals surface area contributed by atoms with Crippen LogP contribution in [0.25, 0.3) is 0 Å². The van der Waals surface area contributed by atoms with E-state index < -0.39 is 5.97 Å². The summed E-state index contributed by atoms with van der Waals surface area (Å²) in [5, 5.41) is 8.74. The van der Waals surface area contributed by atoms with Crippen LogP contribution in [0.2, 0.25) is 0 Å². The Balaban J connectivity index is 3.38. The second-order valence-corrected chi connectivity index (χ2v) is 2.45. The van der Waals surface area contributed by atoms with E-state index in [4.69, 9.17) is 21.3 Å². The number of carboxylic acids is 1. The summed E-state index contributed by atoms with van der Waals surface area (Å²) >= 11 is 0. The van der Waals surface area contributed by atoms with E-state index in [-0.39, 0.29) is 17.0 Å². The van der Waals surface area contributed by atoms with Gasteiger partial charge in [-0.3, -0.25) is 0 Å². The van der Waals surface area contributed by atoms with Crippen molar-refractivity contribution < 1.29 is 14.6 Å². The summed E-state index contributed by atoms with van der Waals surface area (Å²) in [6, 6.07) is 2.79. The number of rotatable bonds is 2. The lowest BCUT2D eigenvalue weighted by atomic mass is 10.1. The van der Waals surface area contributed by atoms with Gasteiger partial charge in [0.2, 0.25) is 0 Å². The summed E-state index contributed by atoms with van der Waals surface area (Å²) in [5.41, 5.74) is 11.5. The number of nitrogen functional groups attached to an aromatic ring is 2. The number of carbonyl (C=O) groups is 1. The molecule has 0 fully saturated rings. The van der Waals surface area contributed by atoms with E-state index in [1.54, 1.807) is 0 Å². The van der Waals surface area contributed by atoms with Gasteiger partial charge in [-0.25, -0.2) is 4.79 Å². The maximum atomic E-state index is 10.7. The first-order valence-corrected chi connectivity index (χ1v) is 3.53. The van der Waals surface area contributed by atoms with Crippen LogP contribution in [-0.4, -0.2) is 18.2 Å². The second-order valence-electron chi connectivity index (χ2n) is 2.45. The van der Waals surface area contributed by atoms with E-state index >= 15 is 0 Å². The zero-order chi connectivity index (χ0) is 10.0. The molecule has 0 aliphatic heterocycles. The van der Waals surface area contributed by atoms with Gasteiger partial charge in [0, 0.05) is 0 Å². The molecule has 0 aromatic heterocycles. The van der Waals surface area contributed by atoms with Crippen LogP contribution >= 0.6 is 0 Å². The van der Waals surface area contributed by atoms with Crippen LogP contribution in [0, 0.1) is 0 Å². The number of carboxylic acid groups (broad SMARTS) is 1. The van der Waals surface area contributed by atoms with Crippen molar-refractivity contribution in [2.24, 2.45) is 0 Å². The van der Waals surface area contributed by atoms with Crippen molar-refractivity contribution in [3.8, 4) is 5.75 Å². The van der Waals surface area contributed by atoms with Gasteiger partial charge in [0.25, 0.3) is 0 Å².